The highest BCUT2D eigenvalue weighted by atomic mass is 32.1. The molecule has 0 unspecified atom stereocenters. The average Bonchev–Trinajstić information content (AvgIpc) is 3.53. The number of amides is 1. The zero-order chi connectivity index (χ0) is 26.6. The number of hydrogen-bond acceptors (Lipinski definition) is 10. The van der Waals surface area contributed by atoms with E-state index in [1.165, 1.54) is 23.5 Å². The number of fused-ring (bicyclic) bond motifs is 1. The molecule has 5 rings (SSSR count). The molecule has 0 spiro atoms. The van der Waals surface area contributed by atoms with Gasteiger partial charge in [-0.3, -0.25) is 20.2 Å². The summed E-state index contributed by atoms with van der Waals surface area (Å²) in [5.74, 6) is 0.304. The summed E-state index contributed by atoms with van der Waals surface area (Å²) < 4.78 is 7.15. The number of aryl methyl sites for hydroxylation is 1. The Bertz CT molecular complexity index is 1500. The minimum absolute atomic E-state index is 0.124. The summed E-state index contributed by atoms with van der Waals surface area (Å²) in [7, 11) is 0. The van der Waals surface area contributed by atoms with Crippen molar-refractivity contribution >= 4 is 50.9 Å². The molecule has 1 fully saturated rings. The van der Waals surface area contributed by atoms with Crippen molar-refractivity contribution in [3.8, 4) is 10.6 Å². The maximum Gasteiger partial charge on any atom is 0.270 e. The van der Waals surface area contributed by atoms with E-state index < -0.39 is 10.8 Å². The molecule has 2 aromatic heterocycles. The SMILES string of the molecule is CCc1nnc2sc(-c3ccc(CNC(=S)NC(=O)c4cc([N+](=O)[O-])ccc4N4CCOCC4)cc3)nn12. The third-order valence-electron chi connectivity index (χ3n) is 6.04. The van der Waals surface area contributed by atoms with Gasteiger partial charge in [-0.2, -0.15) is 9.61 Å². The number of aromatic nitrogens is 4. The number of morpholine rings is 1. The topological polar surface area (TPSA) is 140 Å². The number of carbonyl (C=O) groups is 1. The third-order valence-corrected chi connectivity index (χ3v) is 7.23. The van der Waals surface area contributed by atoms with Gasteiger partial charge in [-0.1, -0.05) is 42.5 Å². The fraction of sp³-hybridized carbons (Fsp3) is 0.292. The van der Waals surface area contributed by atoms with Crippen molar-refractivity contribution in [3.63, 3.8) is 0 Å². The van der Waals surface area contributed by atoms with Crippen LogP contribution in [0.2, 0.25) is 0 Å². The molecular weight excluding hydrogens is 528 g/mol. The lowest BCUT2D eigenvalue weighted by atomic mass is 10.1. The molecule has 3 heterocycles. The highest BCUT2D eigenvalue weighted by Crippen LogP contribution is 2.27. The van der Waals surface area contributed by atoms with Crippen molar-refractivity contribution in [3.05, 3.63) is 69.5 Å². The number of thiocarbonyl (C=S) groups is 1. The second-order valence-corrected chi connectivity index (χ2v) is 9.83. The summed E-state index contributed by atoms with van der Waals surface area (Å²) in [5.41, 5.74) is 2.54. The molecule has 2 aromatic carbocycles. The molecule has 1 saturated heterocycles. The Morgan fingerprint density at radius 1 is 1.18 bits per heavy atom. The maximum absolute atomic E-state index is 13.1. The molecule has 0 radical (unpaired) electrons. The largest absolute Gasteiger partial charge is 0.378 e. The molecule has 38 heavy (non-hydrogen) atoms. The highest BCUT2D eigenvalue weighted by molar-refractivity contribution is 7.80. The first-order chi connectivity index (χ1) is 18.4. The number of rotatable bonds is 7. The smallest absolute Gasteiger partial charge is 0.270 e. The Labute approximate surface area is 226 Å². The number of hydrogen-bond donors (Lipinski definition) is 2. The number of ether oxygens (including phenoxy) is 1. The van der Waals surface area contributed by atoms with Crippen molar-refractivity contribution in [2.45, 2.75) is 19.9 Å². The number of nitro benzene ring substituents is 1. The first-order valence-electron chi connectivity index (χ1n) is 11.9. The molecule has 0 saturated carbocycles. The van der Waals surface area contributed by atoms with Crippen LogP contribution in [0.15, 0.2) is 42.5 Å². The third kappa shape index (κ3) is 5.46. The Morgan fingerprint density at radius 2 is 1.95 bits per heavy atom. The molecule has 14 heteroatoms. The maximum atomic E-state index is 13.1. The van der Waals surface area contributed by atoms with Gasteiger partial charge < -0.3 is 15.0 Å². The van der Waals surface area contributed by atoms with Crippen molar-refractivity contribution in [2.24, 2.45) is 0 Å². The summed E-state index contributed by atoms with van der Waals surface area (Å²) >= 11 is 6.80. The molecule has 0 aliphatic carbocycles. The summed E-state index contributed by atoms with van der Waals surface area (Å²) in [5, 5.41) is 30.8. The van der Waals surface area contributed by atoms with E-state index in [1.54, 1.807) is 10.6 Å². The van der Waals surface area contributed by atoms with E-state index in [1.807, 2.05) is 36.1 Å². The molecule has 1 aliphatic heterocycles. The van der Waals surface area contributed by atoms with Gasteiger partial charge in [-0.25, -0.2) is 0 Å². The molecule has 4 aromatic rings. The minimum Gasteiger partial charge on any atom is -0.378 e. The fourth-order valence-electron chi connectivity index (χ4n) is 4.06. The zero-order valence-electron chi connectivity index (χ0n) is 20.4. The summed E-state index contributed by atoms with van der Waals surface area (Å²) in [6, 6.07) is 12.1. The van der Waals surface area contributed by atoms with Gasteiger partial charge >= 0.3 is 0 Å². The number of non-ortho nitro benzene ring substituents is 1. The van der Waals surface area contributed by atoms with Crippen molar-refractivity contribution < 1.29 is 14.5 Å². The van der Waals surface area contributed by atoms with Crippen LogP contribution >= 0.6 is 23.6 Å². The van der Waals surface area contributed by atoms with Gasteiger partial charge in [0.2, 0.25) is 4.96 Å². The van der Waals surface area contributed by atoms with Gasteiger partial charge in [-0.05, 0) is 23.8 Å². The van der Waals surface area contributed by atoms with E-state index in [0.29, 0.717) is 38.5 Å². The number of anilines is 1. The second kappa shape index (κ2) is 11.2. The van der Waals surface area contributed by atoms with E-state index in [4.69, 9.17) is 17.0 Å². The van der Waals surface area contributed by atoms with E-state index in [0.717, 1.165) is 33.3 Å². The van der Waals surface area contributed by atoms with Crippen LogP contribution in [0.1, 0.15) is 28.7 Å². The molecule has 2 N–H and O–H groups in total. The zero-order valence-corrected chi connectivity index (χ0v) is 22.0. The van der Waals surface area contributed by atoms with E-state index in [9.17, 15) is 14.9 Å². The van der Waals surface area contributed by atoms with Crippen LogP contribution in [-0.4, -0.2) is 62.1 Å². The lowest BCUT2D eigenvalue weighted by Gasteiger charge is -2.30. The number of nitrogens with zero attached hydrogens (tertiary/aromatic N) is 6. The van der Waals surface area contributed by atoms with Gasteiger partial charge in [0.05, 0.1) is 29.4 Å². The minimum atomic E-state index is -0.525. The fourth-order valence-corrected chi connectivity index (χ4v) is 5.08. The van der Waals surface area contributed by atoms with E-state index >= 15 is 0 Å². The van der Waals surface area contributed by atoms with Crippen LogP contribution in [0.5, 0.6) is 0 Å². The summed E-state index contributed by atoms with van der Waals surface area (Å²) in [6.07, 6.45) is 0.751. The Hall–Kier alpha value is -4.01. The quantitative estimate of drug-likeness (QED) is 0.200. The van der Waals surface area contributed by atoms with Crippen molar-refractivity contribution in [1.82, 2.24) is 30.4 Å². The summed E-state index contributed by atoms with van der Waals surface area (Å²) in [4.78, 5) is 26.6. The van der Waals surface area contributed by atoms with Crippen molar-refractivity contribution in [2.75, 3.05) is 31.2 Å². The van der Waals surface area contributed by atoms with Crippen LogP contribution in [0.4, 0.5) is 11.4 Å². The molecular formula is C24H24N8O4S2. The Kier molecular flexibility index (Phi) is 7.53. The van der Waals surface area contributed by atoms with Crippen LogP contribution in [-0.2, 0) is 17.7 Å². The second-order valence-electron chi connectivity index (χ2n) is 8.46. The van der Waals surface area contributed by atoms with Crippen LogP contribution < -0.4 is 15.5 Å². The van der Waals surface area contributed by atoms with Crippen molar-refractivity contribution in [1.29, 1.82) is 0 Å². The van der Waals surface area contributed by atoms with Crippen LogP contribution in [0, 0.1) is 10.1 Å². The lowest BCUT2D eigenvalue weighted by Crippen LogP contribution is -2.41. The number of carbonyl (C=O) groups excluding carboxylic acids is 1. The Balaban J connectivity index is 1.22. The normalized spacial score (nSPS) is 13.4. The summed E-state index contributed by atoms with van der Waals surface area (Å²) in [6.45, 7) is 4.60. The first-order valence-corrected chi connectivity index (χ1v) is 13.2. The average molecular weight is 553 g/mol. The standard InChI is InChI=1S/C24H24N8O4S2/c1-2-20-27-28-24-31(20)29-22(38-24)16-5-3-15(4-6-16)14-25-23(37)26-21(33)18-13-17(32(34)35)7-8-19(18)30-9-11-36-12-10-30/h3-8,13H,2,9-12,14H2,1H3,(H2,25,26,33,37). The van der Waals surface area contributed by atoms with Crippen LogP contribution in [0.25, 0.3) is 15.5 Å². The van der Waals surface area contributed by atoms with Gasteiger partial charge in [0.25, 0.3) is 11.6 Å². The lowest BCUT2D eigenvalue weighted by molar-refractivity contribution is -0.384. The molecule has 1 aliphatic rings. The molecule has 0 atom stereocenters. The molecule has 196 valence electrons. The van der Waals surface area contributed by atoms with Gasteiger partial charge in [0, 0.05) is 43.8 Å². The monoisotopic (exact) mass is 552 g/mol. The van der Waals surface area contributed by atoms with Crippen LogP contribution in [0.3, 0.4) is 0 Å². The van der Waals surface area contributed by atoms with Gasteiger partial charge in [0.15, 0.2) is 10.9 Å². The number of nitrogens with one attached hydrogen (secondary N) is 2. The first kappa shape index (κ1) is 25.6. The predicted molar refractivity (Wildman–Crippen MR) is 147 cm³/mol. The van der Waals surface area contributed by atoms with Gasteiger partial charge in [0.1, 0.15) is 5.01 Å². The number of benzene rings is 2. The van der Waals surface area contributed by atoms with E-state index in [2.05, 4.69) is 25.9 Å². The number of nitro groups is 1. The van der Waals surface area contributed by atoms with E-state index in [-0.39, 0.29) is 16.4 Å². The molecule has 12 nitrogen and oxygen atoms in total. The Morgan fingerprint density at radius 3 is 2.66 bits per heavy atom. The van der Waals surface area contributed by atoms with Gasteiger partial charge in [-0.15, -0.1) is 10.2 Å². The predicted octanol–water partition coefficient (Wildman–Crippen LogP) is 2.96. The molecule has 1 amide bonds. The highest BCUT2D eigenvalue weighted by Gasteiger charge is 2.22. The molecule has 0 bridgehead atoms.